The zero-order valence-corrected chi connectivity index (χ0v) is 19.6. The number of hydrogen-bond donors (Lipinski definition) is 0. The molecular formula is C26H38N2S. The molecule has 0 amide bonds. The predicted octanol–water partition coefficient (Wildman–Crippen LogP) is 6.02. The van der Waals surface area contributed by atoms with Crippen LogP contribution in [0.4, 0.5) is 0 Å². The van der Waals surface area contributed by atoms with E-state index in [1.165, 1.54) is 52.4 Å². The van der Waals surface area contributed by atoms with E-state index in [0.29, 0.717) is 0 Å². The monoisotopic (exact) mass is 410 g/mol. The zero-order chi connectivity index (χ0) is 21.1. The highest BCUT2D eigenvalue weighted by atomic mass is 32.1. The Kier molecular flexibility index (Phi) is 10.1. The van der Waals surface area contributed by atoms with E-state index in [1.54, 1.807) is 0 Å². The second kappa shape index (κ2) is 12.5. The van der Waals surface area contributed by atoms with Crippen molar-refractivity contribution in [2.45, 2.75) is 66.3 Å². The summed E-state index contributed by atoms with van der Waals surface area (Å²) in [7, 11) is 0. The van der Waals surface area contributed by atoms with Gasteiger partial charge >= 0.3 is 0 Å². The second-order valence-electron chi connectivity index (χ2n) is 7.25. The van der Waals surface area contributed by atoms with Crippen LogP contribution in [-0.2, 0) is 6.54 Å². The summed E-state index contributed by atoms with van der Waals surface area (Å²) < 4.78 is 2.35. The van der Waals surface area contributed by atoms with Crippen LogP contribution in [0.5, 0.6) is 0 Å². The van der Waals surface area contributed by atoms with Crippen molar-refractivity contribution in [3.63, 3.8) is 0 Å². The number of rotatable bonds is 7. The molecule has 2 nitrogen and oxygen atoms in total. The van der Waals surface area contributed by atoms with Gasteiger partial charge in [-0.3, -0.25) is 0 Å². The van der Waals surface area contributed by atoms with Crippen molar-refractivity contribution in [2.24, 2.45) is 0 Å². The number of allylic oxidation sites excluding steroid dienone is 2. The largest absolute Gasteiger partial charge is 0.372 e. The first-order chi connectivity index (χ1) is 14.2. The van der Waals surface area contributed by atoms with E-state index in [9.17, 15) is 0 Å². The summed E-state index contributed by atoms with van der Waals surface area (Å²) in [5, 5.41) is 4.85. The van der Waals surface area contributed by atoms with Gasteiger partial charge in [0.05, 0.1) is 6.54 Å². The average molecular weight is 411 g/mol. The Labute approximate surface area is 181 Å². The molecule has 0 spiro atoms. The fourth-order valence-corrected chi connectivity index (χ4v) is 4.52. The number of unbranched alkanes of at least 4 members (excludes halogenated alkanes) is 1. The van der Waals surface area contributed by atoms with Gasteiger partial charge in [0, 0.05) is 46.2 Å². The van der Waals surface area contributed by atoms with Gasteiger partial charge in [0.1, 0.15) is 0 Å². The molecule has 158 valence electrons. The van der Waals surface area contributed by atoms with E-state index in [0.717, 1.165) is 26.1 Å². The van der Waals surface area contributed by atoms with Crippen LogP contribution in [0.15, 0.2) is 42.4 Å². The van der Waals surface area contributed by atoms with Gasteiger partial charge in [-0.1, -0.05) is 52.0 Å². The standard InChI is InChI=1S/C24H32N2S.C2H6/c1-4-6-7-9-12-24-21(5-2)13-16-26(24)18-23-17-22(19-27-23)20(3)25-14-10-8-11-15-25;1-2/h5,7,9,12-13,16-17,19H,3-4,6,8,10-11,14-15,18H2,1-2H3;1-2H3/b9-7-,21-5-,24-12+;. The molecule has 3 heterocycles. The fourth-order valence-electron chi connectivity index (χ4n) is 3.63. The number of thiophene rings is 1. The first-order valence-corrected chi connectivity index (χ1v) is 12.1. The van der Waals surface area contributed by atoms with Crippen LogP contribution < -0.4 is 10.6 Å². The highest BCUT2D eigenvalue weighted by Gasteiger charge is 2.14. The van der Waals surface area contributed by atoms with Crippen molar-refractivity contribution >= 4 is 29.2 Å². The fraction of sp³-hybridized carbons (Fsp3) is 0.462. The van der Waals surface area contributed by atoms with Gasteiger partial charge in [-0.15, -0.1) is 11.3 Å². The molecule has 0 bridgehead atoms. The van der Waals surface area contributed by atoms with Crippen LogP contribution in [0.25, 0.3) is 17.8 Å². The lowest BCUT2D eigenvalue weighted by molar-refractivity contribution is 0.326. The lowest BCUT2D eigenvalue weighted by Gasteiger charge is -2.30. The number of hydrogen-bond acceptors (Lipinski definition) is 2. The number of nitrogens with zero attached hydrogens (tertiary/aromatic N) is 2. The van der Waals surface area contributed by atoms with E-state index >= 15 is 0 Å². The summed E-state index contributed by atoms with van der Waals surface area (Å²) in [4.78, 5) is 3.83. The molecule has 3 rings (SSSR count). The molecule has 0 N–H and O–H groups in total. The quantitative estimate of drug-likeness (QED) is 0.542. The number of likely N-dealkylation sites (tertiary alicyclic amines) is 1. The van der Waals surface area contributed by atoms with Crippen molar-refractivity contribution in [2.75, 3.05) is 13.1 Å². The molecule has 1 aliphatic heterocycles. The molecule has 0 aliphatic carbocycles. The summed E-state index contributed by atoms with van der Waals surface area (Å²) in [5.74, 6) is 0. The van der Waals surface area contributed by atoms with E-state index in [-0.39, 0.29) is 0 Å². The van der Waals surface area contributed by atoms with Gasteiger partial charge in [0.25, 0.3) is 0 Å². The molecule has 29 heavy (non-hydrogen) atoms. The van der Waals surface area contributed by atoms with Crippen molar-refractivity contribution in [1.82, 2.24) is 9.47 Å². The zero-order valence-electron chi connectivity index (χ0n) is 18.8. The van der Waals surface area contributed by atoms with Gasteiger partial charge in [-0.2, -0.15) is 0 Å². The van der Waals surface area contributed by atoms with Crippen LogP contribution in [-0.4, -0.2) is 22.6 Å². The van der Waals surface area contributed by atoms with Crippen LogP contribution in [0.3, 0.4) is 0 Å². The molecule has 0 unspecified atom stereocenters. The first-order valence-electron chi connectivity index (χ1n) is 11.2. The normalized spacial score (nSPS) is 15.7. The van der Waals surface area contributed by atoms with Crippen molar-refractivity contribution < 1.29 is 0 Å². The Morgan fingerprint density at radius 3 is 2.66 bits per heavy atom. The first kappa shape index (κ1) is 23.3. The average Bonchev–Trinajstić information content (AvgIpc) is 3.40. The Morgan fingerprint density at radius 1 is 1.21 bits per heavy atom. The summed E-state index contributed by atoms with van der Waals surface area (Å²) in [6, 6.07) is 4.54. The lowest BCUT2D eigenvalue weighted by atomic mass is 10.1. The Morgan fingerprint density at radius 2 is 1.97 bits per heavy atom. The Balaban J connectivity index is 0.00000145. The van der Waals surface area contributed by atoms with Crippen molar-refractivity contribution in [3.8, 4) is 0 Å². The van der Waals surface area contributed by atoms with E-state index in [2.05, 4.69) is 77.9 Å². The lowest BCUT2D eigenvalue weighted by Crippen LogP contribution is -2.28. The number of piperidine rings is 1. The smallest absolute Gasteiger partial charge is 0.0569 e. The van der Waals surface area contributed by atoms with E-state index in [1.807, 2.05) is 25.2 Å². The summed E-state index contributed by atoms with van der Waals surface area (Å²) >= 11 is 1.84. The Hall–Kier alpha value is -2.00. The maximum Gasteiger partial charge on any atom is 0.0569 e. The molecule has 2 aromatic rings. The Bertz CT molecular complexity index is 892. The second-order valence-corrected chi connectivity index (χ2v) is 8.25. The summed E-state index contributed by atoms with van der Waals surface area (Å²) in [6.45, 7) is 15.9. The summed E-state index contributed by atoms with van der Waals surface area (Å²) in [5.41, 5.74) is 2.49. The van der Waals surface area contributed by atoms with Crippen LogP contribution in [0.1, 0.15) is 70.2 Å². The molecule has 0 aromatic carbocycles. The van der Waals surface area contributed by atoms with Crippen molar-refractivity contribution in [1.29, 1.82) is 0 Å². The van der Waals surface area contributed by atoms with Gasteiger partial charge in [-0.05, 0) is 56.0 Å². The summed E-state index contributed by atoms with van der Waals surface area (Å²) in [6.07, 6.45) is 17.3. The van der Waals surface area contributed by atoms with Gasteiger partial charge in [-0.25, -0.2) is 0 Å². The molecule has 0 atom stereocenters. The molecule has 0 radical (unpaired) electrons. The maximum absolute atomic E-state index is 4.37. The molecule has 3 heteroatoms. The molecule has 1 saturated heterocycles. The van der Waals surface area contributed by atoms with E-state index in [4.69, 9.17) is 0 Å². The topological polar surface area (TPSA) is 8.17 Å². The third-order valence-corrected chi connectivity index (χ3v) is 6.17. The highest BCUT2D eigenvalue weighted by Crippen LogP contribution is 2.26. The third kappa shape index (κ3) is 6.50. The molecule has 0 saturated carbocycles. The minimum atomic E-state index is 0.916. The number of aromatic nitrogens is 1. The predicted molar refractivity (Wildman–Crippen MR) is 132 cm³/mol. The SMILES string of the molecule is C=C(c1csc(Cn2ccc(=C/C)/c2=C\C=C/CCC)c1)N1CCCCC1.CC. The van der Waals surface area contributed by atoms with E-state index < -0.39 is 0 Å². The molecule has 2 aromatic heterocycles. The minimum absolute atomic E-state index is 0.916. The third-order valence-electron chi connectivity index (χ3n) is 5.25. The molecule has 1 fully saturated rings. The molecule has 1 aliphatic rings. The van der Waals surface area contributed by atoms with Crippen molar-refractivity contribution in [3.05, 3.63) is 63.4 Å². The molecular weight excluding hydrogens is 372 g/mol. The van der Waals surface area contributed by atoms with Gasteiger partial charge in [0.2, 0.25) is 0 Å². The maximum atomic E-state index is 4.37. The van der Waals surface area contributed by atoms with Crippen LogP contribution in [0.2, 0.25) is 0 Å². The van der Waals surface area contributed by atoms with Gasteiger partial charge in [0.15, 0.2) is 0 Å². The van der Waals surface area contributed by atoms with Crippen LogP contribution >= 0.6 is 11.3 Å². The van der Waals surface area contributed by atoms with Gasteiger partial charge < -0.3 is 9.47 Å². The van der Waals surface area contributed by atoms with Crippen LogP contribution in [0, 0.1) is 0 Å². The minimum Gasteiger partial charge on any atom is -0.372 e. The highest BCUT2D eigenvalue weighted by molar-refractivity contribution is 7.10.